The molecule has 1 amide bonds. The Morgan fingerprint density at radius 3 is 2.13 bits per heavy atom. The van der Waals surface area contributed by atoms with Gasteiger partial charge < -0.3 is 5.32 Å². The molecule has 1 aliphatic rings. The molecule has 0 bridgehead atoms. The summed E-state index contributed by atoms with van der Waals surface area (Å²) in [4.78, 5) is 11.5. The van der Waals surface area contributed by atoms with Crippen LogP contribution in [-0.4, -0.2) is 18.6 Å². The smallest absolute Gasteiger partial charge is 0.247 e. The van der Waals surface area contributed by atoms with Crippen LogP contribution in [0, 0.1) is 0 Å². The van der Waals surface area contributed by atoms with Gasteiger partial charge in [0.2, 0.25) is 15.9 Å². The Bertz CT molecular complexity index is 833. The molecule has 2 aromatic rings. The van der Waals surface area contributed by atoms with Gasteiger partial charge in [-0.15, -0.1) is 0 Å². The molecule has 23 heavy (non-hydrogen) atoms. The second kappa shape index (κ2) is 5.98. The van der Waals surface area contributed by atoms with Crippen LogP contribution in [0.3, 0.4) is 0 Å². The molecule has 0 spiro atoms. The molecule has 0 radical (unpaired) electrons. The quantitative estimate of drug-likeness (QED) is 0.877. The predicted molar refractivity (Wildman–Crippen MR) is 88.1 cm³/mol. The summed E-state index contributed by atoms with van der Waals surface area (Å²) in [7, 11) is -3.56. The zero-order valence-electron chi connectivity index (χ0n) is 12.4. The van der Waals surface area contributed by atoms with Crippen molar-refractivity contribution in [1.29, 1.82) is 0 Å². The van der Waals surface area contributed by atoms with Crippen molar-refractivity contribution in [2.75, 3.05) is 5.32 Å². The van der Waals surface area contributed by atoms with Gasteiger partial charge in [0.15, 0.2) is 0 Å². The van der Waals surface area contributed by atoms with E-state index in [0.29, 0.717) is 18.8 Å². The molecule has 6 heteroatoms. The van der Waals surface area contributed by atoms with Gasteiger partial charge in [-0.05, 0) is 41.5 Å². The molecule has 3 rings (SSSR count). The largest absolute Gasteiger partial charge is 0.323 e. The minimum atomic E-state index is -3.56. The first-order chi connectivity index (χ1) is 11.0. The summed E-state index contributed by atoms with van der Waals surface area (Å²) in [6.45, 7) is 4.14. The molecular weight excluding hydrogens is 312 g/mol. The highest BCUT2D eigenvalue weighted by molar-refractivity contribution is 7.89. The Balaban J connectivity index is 1.81. The summed E-state index contributed by atoms with van der Waals surface area (Å²) in [5.74, 6) is -0.337. The number of anilines is 1. The summed E-state index contributed by atoms with van der Waals surface area (Å²) >= 11 is 0. The lowest BCUT2D eigenvalue weighted by molar-refractivity contribution is -0.111. The van der Waals surface area contributed by atoms with E-state index >= 15 is 0 Å². The van der Waals surface area contributed by atoms with Crippen molar-refractivity contribution in [3.05, 3.63) is 72.3 Å². The van der Waals surface area contributed by atoms with E-state index in [4.69, 9.17) is 0 Å². The molecule has 0 saturated heterocycles. The van der Waals surface area contributed by atoms with Gasteiger partial charge in [-0.1, -0.05) is 30.8 Å². The molecule has 118 valence electrons. The first-order valence-electron chi connectivity index (χ1n) is 7.11. The van der Waals surface area contributed by atoms with Gasteiger partial charge in [-0.3, -0.25) is 4.79 Å². The Morgan fingerprint density at radius 2 is 1.61 bits per heavy atom. The maximum absolute atomic E-state index is 12.7. The van der Waals surface area contributed by atoms with Gasteiger partial charge in [0.1, 0.15) is 0 Å². The number of hydrogen-bond acceptors (Lipinski definition) is 3. The number of rotatable bonds is 4. The van der Waals surface area contributed by atoms with Gasteiger partial charge in [0, 0.05) is 18.8 Å². The molecule has 5 nitrogen and oxygen atoms in total. The molecule has 0 aromatic heterocycles. The molecule has 0 atom stereocenters. The highest BCUT2D eigenvalue weighted by Crippen LogP contribution is 2.28. The molecule has 1 heterocycles. The van der Waals surface area contributed by atoms with Crippen molar-refractivity contribution >= 4 is 21.6 Å². The normalized spacial score (nSPS) is 14.3. The standard InChI is InChI=1S/C17H16N2O3S/c1-2-17(20)18-15-7-9-16(10-8-15)23(21,22)19-11-13-5-3-4-6-14(13)12-19/h2-10H,1,11-12H2,(H,18,20). The second-order valence-electron chi connectivity index (χ2n) is 5.26. The highest BCUT2D eigenvalue weighted by Gasteiger charge is 2.30. The summed E-state index contributed by atoms with van der Waals surface area (Å²) in [6, 6.07) is 13.8. The molecule has 0 saturated carbocycles. The predicted octanol–water partition coefficient (Wildman–Crippen LogP) is 2.52. The van der Waals surface area contributed by atoms with Crippen molar-refractivity contribution in [3.8, 4) is 0 Å². The van der Waals surface area contributed by atoms with Gasteiger partial charge in [0.05, 0.1) is 4.90 Å². The van der Waals surface area contributed by atoms with Crippen LogP contribution >= 0.6 is 0 Å². The van der Waals surface area contributed by atoms with E-state index in [9.17, 15) is 13.2 Å². The highest BCUT2D eigenvalue weighted by atomic mass is 32.2. The van der Waals surface area contributed by atoms with Gasteiger partial charge in [-0.25, -0.2) is 8.42 Å². The topological polar surface area (TPSA) is 66.5 Å². The zero-order chi connectivity index (χ0) is 16.4. The van der Waals surface area contributed by atoms with Crippen LogP contribution in [-0.2, 0) is 27.9 Å². The SMILES string of the molecule is C=CC(=O)Nc1ccc(S(=O)(=O)N2Cc3ccccc3C2)cc1. The van der Waals surface area contributed by atoms with E-state index in [1.165, 1.54) is 16.4 Å². The average molecular weight is 328 g/mol. The lowest BCUT2D eigenvalue weighted by atomic mass is 10.1. The number of sulfonamides is 1. The minimum absolute atomic E-state index is 0.210. The minimum Gasteiger partial charge on any atom is -0.323 e. The van der Waals surface area contributed by atoms with E-state index in [1.807, 2.05) is 24.3 Å². The summed E-state index contributed by atoms with van der Waals surface area (Å²) in [5.41, 5.74) is 2.59. The monoisotopic (exact) mass is 328 g/mol. The Morgan fingerprint density at radius 1 is 1.04 bits per heavy atom. The zero-order valence-corrected chi connectivity index (χ0v) is 13.2. The number of carbonyl (C=O) groups is 1. The fourth-order valence-electron chi connectivity index (χ4n) is 2.52. The van der Waals surface area contributed by atoms with Crippen molar-refractivity contribution in [2.24, 2.45) is 0 Å². The van der Waals surface area contributed by atoms with E-state index < -0.39 is 10.0 Å². The number of benzene rings is 2. The van der Waals surface area contributed by atoms with Gasteiger partial charge in [-0.2, -0.15) is 4.31 Å². The van der Waals surface area contributed by atoms with Crippen LogP contribution in [0.2, 0.25) is 0 Å². The molecule has 0 fully saturated rings. The molecule has 1 aliphatic heterocycles. The van der Waals surface area contributed by atoms with Gasteiger partial charge in [0.25, 0.3) is 0 Å². The fourth-order valence-corrected chi connectivity index (χ4v) is 3.92. The second-order valence-corrected chi connectivity index (χ2v) is 7.20. The Hall–Kier alpha value is -2.44. The number of fused-ring (bicyclic) bond motifs is 1. The Labute approximate surface area is 135 Å². The molecule has 1 N–H and O–H groups in total. The molecule has 0 unspecified atom stereocenters. The first kappa shape index (κ1) is 15.5. The van der Waals surface area contributed by atoms with E-state index in [2.05, 4.69) is 11.9 Å². The Kier molecular flexibility index (Phi) is 4.02. The lowest BCUT2D eigenvalue weighted by Crippen LogP contribution is -2.25. The van der Waals surface area contributed by atoms with Crippen molar-refractivity contribution < 1.29 is 13.2 Å². The fraction of sp³-hybridized carbons (Fsp3) is 0.118. The number of amides is 1. The molecular formula is C17H16N2O3S. The maximum Gasteiger partial charge on any atom is 0.247 e. The van der Waals surface area contributed by atoms with E-state index in [0.717, 1.165) is 17.2 Å². The number of carbonyl (C=O) groups excluding carboxylic acids is 1. The van der Waals surface area contributed by atoms with Crippen LogP contribution in [0.25, 0.3) is 0 Å². The third-order valence-electron chi connectivity index (χ3n) is 3.76. The van der Waals surface area contributed by atoms with Crippen LogP contribution in [0.5, 0.6) is 0 Å². The van der Waals surface area contributed by atoms with Crippen LogP contribution in [0.4, 0.5) is 5.69 Å². The van der Waals surface area contributed by atoms with Crippen molar-refractivity contribution in [1.82, 2.24) is 4.31 Å². The summed E-state index contributed by atoms with van der Waals surface area (Å²) in [5, 5.41) is 2.59. The number of nitrogens with one attached hydrogen (secondary N) is 1. The van der Waals surface area contributed by atoms with E-state index in [-0.39, 0.29) is 10.8 Å². The van der Waals surface area contributed by atoms with Crippen LogP contribution in [0.15, 0.2) is 66.1 Å². The average Bonchev–Trinajstić information content (AvgIpc) is 3.00. The van der Waals surface area contributed by atoms with E-state index in [1.54, 1.807) is 12.1 Å². The first-order valence-corrected chi connectivity index (χ1v) is 8.55. The number of hydrogen-bond donors (Lipinski definition) is 1. The molecule has 2 aromatic carbocycles. The lowest BCUT2D eigenvalue weighted by Gasteiger charge is -2.16. The molecule has 0 aliphatic carbocycles. The van der Waals surface area contributed by atoms with Crippen molar-refractivity contribution in [3.63, 3.8) is 0 Å². The van der Waals surface area contributed by atoms with Crippen molar-refractivity contribution in [2.45, 2.75) is 18.0 Å². The van der Waals surface area contributed by atoms with Gasteiger partial charge >= 0.3 is 0 Å². The third-order valence-corrected chi connectivity index (χ3v) is 5.56. The summed E-state index contributed by atoms with van der Waals surface area (Å²) in [6.07, 6.45) is 1.16. The maximum atomic E-state index is 12.7. The summed E-state index contributed by atoms with van der Waals surface area (Å²) < 4.78 is 26.9. The number of nitrogens with zero attached hydrogens (tertiary/aromatic N) is 1. The van der Waals surface area contributed by atoms with Crippen LogP contribution in [0.1, 0.15) is 11.1 Å². The third kappa shape index (κ3) is 3.04. The van der Waals surface area contributed by atoms with Crippen LogP contribution < -0.4 is 5.32 Å².